The third kappa shape index (κ3) is 2.47. The number of aromatic nitrogens is 2. The highest BCUT2D eigenvalue weighted by Crippen LogP contribution is 2.33. The number of imidazole rings is 1. The summed E-state index contributed by atoms with van der Waals surface area (Å²) < 4.78 is 5.12. The standard InChI is InChI=1S/C18H13IN2/c19-12-11-18(21-14-13-20-15-21,16-7-3-1-4-8-16)17-9-5-2-6-10-17/h1-10,13-15H. The molecule has 1 aromatic heterocycles. The molecule has 1 heterocycles. The zero-order valence-corrected chi connectivity index (χ0v) is 13.4. The van der Waals surface area contributed by atoms with Gasteiger partial charge < -0.3 is 4.57 Å². The Hall–Kier alpha value is -2.06. The van der Waals surface area contributed by atoms with Gasteiger partial charge in [0.2, 0.25) is 0 Å². The van der Waals surface area contributed by atoms with Gasteiger partial charge in [-0.05, 0) is 15.1 Å². The molecule has 0 saturated heterocycles. The molecule has 0 aliphatic rings. The molecule has 0 amide bonds. The van der Waals surface area contributed by atoms with Gasteiger partial charge in [-0.15, -0.1) is 0 Å². The van der Waals surface area contributed by atoms with Gasteiger partial charge in [-0.1, -0.05) is 66.6 Å². The van der Waals surface area contributed by atoms with Crippen molar-refractivity contribution in [3.05, 3.63) is 90.5 Å². The highest BCUT2D eigenvalue weighted by Gasteiger charge is 2.34. The summed E-state index contributed by atoms with van der Waals surface area (Å²) in [6, 6.07) is 20.6. The van der Waals surface area contributed by atoms with Crippen molar-refractivity contribution in [1.29, 1.82) is 0 Å². The van der Waals surface area contributed by atoms with E-state index < -0.39 is 5.54 Å². The highest BCUT2D eigenvalue weighted by atomic mass is 127. The molecular formula is C18H13IN2. The molecule has 0 unspecified atom stereocenters. The minimum absolute atomic E-state index is 0.555. The molecule has 0 N–H and O–H groups in total. The number of hydrogen-bond acceptors (Lipinski definition) is 1. The zero-order valence-electron chi connectivity index (χ0n) is 11.3. The predicted molar refractivity (Wildman–Crippen MR) is 93.1 cm³/mol. The summed E-state index contributed by atoms with van der Waals surface area (Å²) in [6.07, 6.45) is 5.57. The van der Waals surface area contributed by atoms with Gasteiger partial charge in [0.1, 0.15) is 0 Å². The van der Waals surface area contributed by atoms with Crippen molar-refractivity contribution in [2.45, 2.75) is 5.54 Å². The summed E-state index contributed by atoms with van der Waals surface area (Å²) in [6.45, 7) is 0. The second kappa shape index (κ2) is 6.15. The minimum atomic E-state index is -0.555. The second-order valence-corrected chi connectivity index (χ2v) is 5.17. The predicted octanol–water partition coefficient (Wildman–Crippen LogP) is 4.07. The van der Waals surface area contributed by atoms with Crippen molar-refractivity contribution < 1.29 is 0 Å². The number of rotatable bonds is 3. The van der Waals surface area contributed by atoms with Crippen LogP contribution in [0.1, 0.15) is 11.1 Å². The topological polar surface area (TPSA) is 17.8 Å². The lowest BCUT2D eigenvalue weighted by atomic mass is 9.83. The average molecular weight is 384 g/mol. The first-order valence-corrected chi connectivity index (χ1v) is 7.68. The van der Waals surface area contributed by atoms with Crippen molar-refractivity contribution in [2.75, 3.05) is 0 Å². The van der Waals surface area contributed by atoms with E-state index in [1.165, 1.54) is 0 Å². The molecule has 3 aromatic rings. The highest BCUT2D eigenvalue weighted by molar-refractivity contribution is 14.1. The summed E-state index contributed by atoms with van der Waals surface area (Å²) in [5.74, 6) is 3.39. The van der Waals surface area contributed by atoms with E-state index in [0.717, 1.165) is 11.1 Å². The van der Waals surface area contributed by atoms with E-state index in [1.807, 2.05) is 48.9 Å². The third-order valence-corrected chi connectivity index (χ3v) is 3.77. The molecule has 2 aromatic carbocycles. The fraction of sp³-hybridized carbons (Fsp3) is 0.0556. The van der Waals surface area contributed by atoms with Gasteiger partial charge in [0, 0.05) is 35.0 Å². The van der Waals surface area contributed by atoms with Gasteiger partial charge in [-0.25, -0.2) is 4.98 Å². The summed E-state index contributed by atoms with van der Waals surface area (Å²) in [4.78, 5) is 4.21. The number of hydrogen-bond donors (Lipinski definition) is 0. The van der Waals surface area contributed by atoms with Crippen molar-refractivity contribution in [1.82, 2.24) is 9.55 Å². The number of halogens is 1. The van der Waals surface area contributed by atoms with Crippen molar-refractivity contribution in [3.63, 3.8) is 0 Å². The van der Waals surface area contributed by atoms with Crippen LogP contribution in [0, 0.1) is 9.85 Å². The Kier molecular flexibility index (Phi) is 4.07. The van der Waals surface area contributed by atoms with Gasteiger partial charge in [-0.3, -0.25) is 0 Å². The third-order valence-electron chi connectivity index (χ3n) is 3.50. The molecule has 3 heteroatoms. The van der Waals surface area contributed by atoms with Crippen LogP contribution in [0.5, 0.6) is 0 Å². The van der Waals surface area contributed by atoms with E-state index in [9.17, 15) is 0 Å². The van der Waals surface area contributed by atoms with Gasteiger partial charge in [0.15, 0.2) is 5.54 Å². The molecule has 0 aliphatic carbocycles. The first-order valence-electron chi connectivity index (χ1n) is 6.60. The molecule has 2 nitrogen and oxygen atoms in total. The molecule has 0 aliphatic heterocycles. The van der Waals surface area contributed by atoms with E-state index in [0.29, 0.717) is 0 Å². The fourth-order valence-corrected chi connectivity index (χ4v) is 2.95. The minimum Gasteiger partial charge on any atom is -0.312 e. The lowest BCUT2D eigenvalue weighted by Gasteiger charge is -2.31. The van der Waals surface area contributed by atoms with Crippen molar-refractivity contribution in [3.8, 4) is 9.85 Å². The molecule has 102 valence electrons. The summed E-state index contributed by atoms with van der Waals surface area (Å²) in [5.41, 5.74) is 1.69. The van der Waals surface area contributed by atoms with E-state index in [1.54, 1.807) is 6.20 Å². The summed E-state index contributed by atoms with van der Waals surface area (Å²) in [7, 11) is 0. The maximum atomic E-state index is 4.21. The van der Waals surface area contributed by atoms with Gasteiger partial charge in [0.25, 0.3) is 0 Å². The van der Waals surface area contributed by atoms with E-state index in [4.69, 9.17) is 0 Å². The number of benzene rings is 2. The van der Waals surface area contributed by atoms with Crippen LogP contribution in [-0.4, -0.2) is 9.55 Å². The Bertz CT molecular complexity index is 714. The maximum absolute atomic E-state index is 4.21. The smallest absolute Gasteiger partial charge is 0.158 e. The Morgan fingerprint density at radius 2 is 1.48 bits per heavy atom. The largest absolute Gasteiger partial charge is 0.312 e. The molecule has 3 rings (SSSR count). The maximum Gasteiger partial charge on any atom is 0.158 e. The summed E-state index contributed by atoms with van der Waals surface area (Å²) in [5, 5.41) is 0. The lowest BCUT2D eigenvalue weighted by Crippen LogP contribution is -2.34. The van der Waals surface area contributed by atoms with E-state index in [-0.39, 0.29) is 0 Å². The van der Waals surface area contributed by atoms with Crippen molar-refractivity contribution >= 4 is 22.6 Å². The van der Waals surface area contributed by atoms with Crippen LogP contribution in [-0.2, 0) is 5.54 Å². The van der Waals surface area contributed by atoms with Gasteiger partial charge in [0.05, 0.1) is 6.33 Å². The van der Waals surface area contributed by atoms with Gasteiger partial charge in [-0.2, -0.15) is 0 Å². The SMILES string of the molecule is IC#CC(c1ccccc1)(c1ccccc1)n1ccnc1. The Morgan fingerprint density at radius 1 is 0.905 bits per heavy atom. The first-order chi connectivity index (χ1) is 10.4. The van der Waals surface area contributed by atoms with Crippen molar-refractivity contribution in [2.24, 2.45) is 0 Å². The van der Waals surface area contributed by atoms with Crippen LogP contribution >= 0.6 is 22.6 Å². The molecular weight excluding hydrogens is 371 g/mol. The average Bonchev–Trinajstić information content (AvgIpc) is 3.09. The lowest BCUT2D eigenvalue weighted by molar-refractivity contribution is 0.555. The van der Waals surface area contributed by atoms with E-state index in [2.05, 4.69) is 66.3 Å². The van der Waals surface area contributed by atoms with Crippen LogP contribution in [0.15, 0.2) is 79.4 Å². The second-order valence-electron chi connectivity index (χ2n) is 4.63. The monoisotopic (exact) mass is 384 g/mol. The van der Waals surface area contributed by atoms with Crippen LogP contribution in [0.25, 0.3) is 0 Å². The molecule has 0 atom stereocenters. The zero-order chi connectivity index (χ0) is 14.5. The molecule has 0 spiro atoms. The Labute approximate surface area is 138 Å². The molecule has 21 heavy (non-hydrogen) atoms. The quantitative estimate of drug-likeness (QED) is 0.492. The van der Waals surface area contributed by atoms with Gasteiger partial charge >= 0.3 is 0 Å². The Balaban J connectivity index is 2.34. The summed E-state index contributed by atoms with van der Waals surface area (Å²) >= 11 is 2.10. The molecule has 0 fully saturated rings. The number of nitrogens with zero attached hydrogens (tertiary/aromatic N) is 2. The normalized spacial score (nSPS) is 10.7. The van der Waals surface area contributed by atoms with Crippen LogP contribution < -0.4 is 0 Å². The van der Waals surface area contributed by atoms with E-state index >= 15 is 0 Å². The Morgan fingerprint density at radius 3 is 1.90 bits per heavy atom. The van der Waals surface area contributed by atoms with Crippen LogP contribution in [0.3, 0.4) is 0 Å². The fourth-order valence-electron chi connectivity index (χ4n) is 2.56. The molecule has 0 saturated carbocycles. The molecule has 0 bridgehead atoms. The first kappa shape index (κ1) is 13.9. The molecule has 0 radical (unpaired) electrons. The van der Waals surface area contributed by atoms with Crippen LogP contribution in [0.2, 0.25) is 0 Å². The van der Waals surface area contributed by atoms with Crippen LogP contribution in [0.4, 0.5) is 0 Å².